The van der Waals surface area contributed by atoms with Crippen LogP contribution in [0, 0.1) is 20.5 Å². The van der Waals surface area contributed by atoms with Crippen LogP contribution in [0.3, 0.4) is 0 Å². The van der Waals surface area contributed by atoms with Crippen LogP contribution in [0.2, 0.25) is 0 Å². The van der Waals surface area contributed by atoms with Crippen molar-refractivity contribution in [3.63, 3.8) is 0 Å². The van der Waals surface area contributed by atoms with Gasteiger partial charge in [0, 0.05) is 0 Å². The zero-order valence-electron chi connectivity index (χ0n) is 7.30. The van der Waals surface area contributed by atoms with Crippen molar-refractivity contribution < 1.29 is 0 Å². The summed E-state index contributed by atoms with van der Waals surface area (Å²) < 4.78 is 0. The van der Waals surface area contributed by atoms with Crippen LogP contribution >= 0.6 is 0 Å². The van der Waals surface area contributed by atoms with Gasteiger partial charge in [-0.3, -0.25) is 0 Å². The molecule has 0 aliphatic carbocycles. The quantitative estimate of drug-likeness (QED) is 0.758. The molecule has 14 heavy (non-hydrogen) atoms. The third-order valence-electron chi connectivity index (χ3n) is 1.43. The van der Waals surface area contributed by atoms with Crippen molar-refractivity contribution in [2.24, 2.45) is 0 Å². The van der Waals surface area contributed by atoms with Crippen LogP contribution in [0.25, 0.3) is 0 Å². The fourth-order valence-corrected chi connectivity index (χ4v) is 2.47. The first-order valence-corrected chi connectivity index (χ1v) is 7.97. The summed E-state index contributed by atoms with van der Waals surface area (Å²) in [7, 11) is 0. The van der Waals surface area contributed by atoms with Crippen LogP contribution in [0.4, 0.5) is 0 Å². The van der Waals surface area contributed by atoms with Gasteiger partial charge in [-0.05, 0) is 0 Å². The van der Waals surface area contributed by atoms with E-state index in [0.29, 0.717) is 0 Å². The minimum absolute atomic E-state index is 0.00794. The van der Waals surface area contributed by atoms with Gasteiger partial charge >= 0.3 is 95.6 Å². The molecule has 5 heteroatoms. The zero-order chi connectivity index (χ0) is 10.2. The van der Waals surface area contributed by atoms with Gasteiger partial charge in [0.25, 0.3) is 0 Å². The van der Waals surface area contributed by atoms with E-state index in [1.807, 2.05) is 18.2 Å². The van der Waals surface area contributed by atoms with Crippen molar-refractivity contribution in [2.75, 3.05) is 0 Å². The molecule has 0 spiro atoms. The molecule has 3 nitrogen and oxygen atoms in total. The van der Waals surface area contributed by atoms with E-state index in [4.69, 9.17) is 10.5 Å². The molecule has 0 bridgehead atoms. The molecule has 0 radical (unpaired) electrons. The van der Waals surface area contributed by atoms with Gasteiger partial charge in [0.15, 0.2) is 0 Å². The number of rotatable bonds is 4. The van der Waals surface area contributed by atoms with Crippen molar-refractivity contribution in [1.29, 1.82) is 10.5 Å². The molecule has 0 saturated heterocycles. The summed E-state index contributed by atoms with van der Waals surface area (Å²) in [5, 5.41) is 18.4. The molecule has 0 N–H and O–H groups in total. The Morgan fingerprint density at radius 3 is 2.00 bits per heavy atom. The van der Waals surface area contributed by atoms with Crippen LogP contribution in [-0.2, 0) is 10.6 Å². The molecule has 0 saturated carbocycles. The summed E-state index contributed by atoms with van der Waals surface area (Å²) in [5.41, 5.74) is 1.94. The normalized spacial score (nSPS) is 9.00. The number of hydrogen-bond donors (Lipinski definition) is 0. The summed E-state index contributed by atoms with van der Waals surface area (Å²) in [6.45, 7) is 0. The van der Waals surface area contributed by atoms with E-state index >= 15 is 0 Å². The molecule has 0 amide bonds. The zero-order valence-corrected chi connectivity index (χ0v) is 10.7. The fraction of sp³-hybridized carbons (Fsp3) is 0.222. The Morgan fingerprint density at radius 1 is 1.07 bits per heavy atom. The standard InChI is InChI=1S/C9H7N3Se2/c10-6-13-4-8-2-1-3-9(12-8)5-14-7-11/h1-3H,4-5H2. The number of pyridine rings is 1. The first-order valence-electron chi connectivity index (χ1n) is 3.83. The molecule has 0 fully saturated rings. The second-order valence-electron chi connectivity index (χ2n) is 2.38. The molecule has 1 aromatic heterocycles. The van der Waals surface area contributed by atoms with Crippen LogP contribution in [0.1, 0.15) is 11.4 Å². The summed E-state index contributed by atoms with van der Waals surface area (Å²) >= 11 is -0.0159. The fourth-order valence-electron chi connectivity index (χ4n) is 0.902. The monoisotopic (exact) mass is 317 g/mol. The van der Waals surface area contributed by atoms with Gasteiger partial charge in [-0.2, -0.15) is 0 Å². The van der Waals surface area contributed by atoms with E-state index in [1.165, 1.54) is 0 Å². The number of nitrogens with zero attached hydrogens (tertiary/aromatic N) is 3. The van der Waals surface area contributed by atoms with Gasteiger partial charge in [0.2, 0.25) is 0 Å². The number of aromatic nitrogens is 1. The van der Waals surface area contributed by atoms with E-state index in [1.54, 1.807) is 0 Å². The van der Waals surface area contributed by atoms with Crippen molar-refractivity contribution in [3.05, 3.63) is 29.6 Å². The van der Waals surface area contributed by atoms with Crippen molar-refractivity contribution in [1.82, 2.24) is 4.98 Å². The molecule has 0 aliphatic heterocycles. The topological polar surface area (TPSA) is 60.5 Å². The average Bonchev–Trinajstić information content (AvgIpc) is 2.24. The second kappa shape index (κ2) is 6.60. The van der Waals surface area contributed by atoms with Crippen LogP contribution in [0.5, 0.6) is 0 Å². The Hall–Kier alpha value is -0.831. The minimum atomic E-state index is -0.00794. The van der Waals surface area contributed by atoms with Gasteiger partial charge in [-0.15, -0.1) is 0 Å². The molecule has 0 unspecified atom stereocenters. The summed E-state index contributed by atoms with van der Waals surface area (Å²) in [6.07, 6.45) is 0. The molecule has 1 rings (SSSR count). The first kappa shape index (κ1) is 11.2. The maximum atomic E-state index is 8.45. The Balaban J connectivity index is 2.61. The Morgan fingerprint density at radius 2 is 1.57 bits per heavy atom. The third-order valence-corrected chi connectivity index (χ3v) is 3.82. The first-order chi connectivity index (χ1) is 6.86. The van der Waals surface area contributed by atoms with E-state index in [-0.39, 0.29) is 29.9 Å². The average molecular weight is 315 g/mol. The SMILES string of the molecule is N#C[Se]Cc1cccc(C[Se]C#N)n1. The van der Waals surface area contributed by atoms with E-state index in [2.05, 4.69) is 14.9 Å². The van der Waals surface area contributed by atoms with Crippen LogP contribution < -0.4 is 0 Å². The third kappa shape index (κ3) is 3.92. The second-order valence-corrected chi connectivity index (χ2v) is 5.57. The number of hydrogen-bond acceptors (Lipinski definition) is 3. The predicted octanol–water partition coefficient (Wildman–Crippen LogP) is 0.452. The van der Waals surface area contributed by atoms with Crippen molar-refractivity contribution >= 4 is 29.9 Å². The molecule has 1 heterocycles. The summed E-state index contributed by atoms with van der Waals surface area (Å²) in [4.78, 5) is 8.68. The summed E-state index contributed by atoms with van der Waals surface area (Å²) in [5.74, 6) is 0. The molecule has 0 aliphatic rings. The molecule has 0 atom stereocenters. The summed E-state index contributed by atoms with van der Waals surface area (Å²) in [6, 6.07) is 5.81. The van der Waals surface area contributed by atoms with Gasteiger partial charge < -0.3 is 0 Å². The van der Waals surface area contributed by atoms with Crippen molar-refractivity contribution in [2.45, 2.75) is 10.6 Å². The molecule has 70 valence electrons. The maximum absolute atomic E-state index is 8.45. The van der Waals surface area contributed by atoms with Gasteiger partial charge in [0.05, 0.1) is 0 Å². The predicted molar refractivity (Wildman–Crippen MR) is 54.4 cm³/mol. The molecular weight excluding hydrogens is 308 g/mol. The van der Waals surface area contributed by atoms with Crippen LogP contribution in [0.15, 0.2) is 18.2 Å². The van der Waals surface area contributed by atoms with Crippen LogP contribution in [-0.4, -0.2) is 34.9 Å². The van der Waals surface area contributed by atoms with E-state index in [9.17, 15) is 0 Å². The molecule has 0 aromatic carbocycles. The van der Waals surface area contributed by atoms with Crippen molar-refractivity contribution in [3.8, 4) is 9.94 Å². The van der Waals surface area contributed by atoms with Gasteiger partial charge in [-0.25, -0.2) is 0 Å². The van der Waals surface area contributed by atoms with E-state index < -0.39 is 0 Å². The molecular formula is C9H7N3Se2. The Bertz CT molecular complexity index is 345. The Labute approximate surface area is 95.5 Å². The van der Waals surface area contributed by atoms with E-state index in [0.717, 1.165) is 22.0 Å². The molecule has 1 aromatic rings. The van der Waals surface area contributed by atoms with Gasteiger partial charge in [0.1, 0.15) is 0 Å². The Kier molecular flexibility index (Phi) is 5.30. The van der Waals surface area contributed by atoms with Gasteiger partial charge in [-0.1, -0.05) is 0 Å². The number of nitriles is 2.